The zero-order valence-corrected chi connectivity index (χ0v) is 34.9. The molecular weight excluding hydrogens is 809 g/mol. The number of carbonyl (C=O) groups is 2. The molecule has 0 spiro atoms. The van der Waals surface area contributed by atoms with Gasteiger partial charge in [-0.1, -0.05) is 36.4 Å². The van der Waals surface area contributed by atoms with Gasteiger partial charge in [0.05, 0.1) is 68.6 Å². The zero-order chi connectivity index (χ0) is 43.1. The number of methoxy groups -OCH3 is 1. The molecule has 4 aliphatic heterocycles. The Kier molecular flexibility index (Phi) is 12.7. The summed E-state index contributed by atoms with van der Waals surface area (Å²) >= 11 is 0. The van der Waals surface area contributed by atoms with Crippen molar-refractivity contribution in [3.63, 3.8) is 0 Å². The van der Waals surface area contributed by atoms with Crippen molar-refractivity contribution >= 4 is 47.0 Å². The molecule has 0 bridgehead atoms. The Bertz CT molecular complexity index is 2540. The molecule has 2 amide bonds. The highest BCUT2D eigenvalue weighted by molar-refractivity contribution is 6.15. The fraction of sp³-hybridized carbons (Fsp3) is 0.292. The summed E-state index contributed by atoms with van der Waals surface area (Å²) in [5.74, 6) is 1.65. The first-order valence-corrected chi connectivity index (χ1v) is 20.7. The molecule has 0 unspecified atom stereocenters. The van der Waals surface area contributed by atoms with Crippen molar-refractivity contribution in [1.82, 2.24) is 0 Å². The van der Waals surface area contributed by atoms with Crippen molar-refractivity contribution in [3.8, 4) is 23.0 Å². The largest absolute Gasteiger partial charge is 0.493 e. The molecular formula is C48H46N4O11. The van der Waals surface area contributed by atoms with Gasteiger partial charge in [-0.3, -0.25) is 29.4 Å². The van der Waals surface area contributed by atoms with E-state index in [-0.39, 0.29) is 57.1 Å². The summed E-state index contributed by atoms with van der Waals surface area (Å²) in [5, 5.41) is 0. The monoisotopic (exact) mass is 854 g/mol. The number of ether oxygens (including phenoxy) is 5. The summed E-state index contributed by atoms with van der Waals surface area (Å²) in [4.78, 5) is 60.4. The van der Waals surface area contributed by atoms with E-state index in [1.165, 1.54) is 14.2 Å². The molecule has 5 aromatic carbocycles. The quantitative estimate of drug-likeness (QED) is 0.0348. The van der Waals surface area contributed by atoms with Crippen LogP contribution in [0.1, 0.15) is 49.4 Å². The zero-order valence-electron chi connectivity index (χ0n) is 34.9. The summed E-state index contributed by atoms with van der Waals surface area (Å²) in [6.07, 6.45) is 5.68. The third-order valence-electron chi connectivity index (χ3n) is 11.0. The first-order chi connectivity index (χ1) is 31.0. The third-order valence-corrected chi connectivity index (χ3v) is 11.0. The lowest BCUT2D eigenvalue weighted by molar-refractivity contribution is -0.311. The van der Waals surface area contributed by atoms with Crippen LogP contribution < -0.4 is 28.7 Å². The van der Waals surface area contributed by atoms with Crippen LogP contribution >= 0.6 is 0 Å². The van der Waals surface area contributed by atoms with Gasteiger partial charge >= 0.3 is 0 Å². The van der Waals surface area contributed by atoms with Crippen LogP contribution in [0.3, 0.4) is 0 Å². The van der Waals surface area contributed by atoms with Crippen LogP contribution in [0, 0.1) is 0 Å². The SMILES string of the molecule is COOCCCOOCCOCOc1cc(COc2ccc3c(c2)N=C[C@@H]2Cc4ccccc4N2C3=O)cc(COc2cc3c(cc2OC)C(=O)N2c4ccccc4C[C@H]2C=N3)c1. The molecule has 4 aliphatic rings. The molecule has 0 saturated heterocycles. The highest BCUT2D eigenvalue weighted by Crippen LogP contribution is 2.42. The second-order valence-corrected chi connectivity index (χ2v) is 15.1. The van der Waals surface area contributed by atoms with Gasteiger partial charge in [-0.15, -0.1) is 0 Å². The van der Waals surface area contributed by atoms with Crippen molar-refractivity contribution in [2.45, 2.75) is 44.6 Å². The molecule has 15 nitrogen and oxygen atoms in total. The van der Waals surface area contributed by atoms with E-state index in [4.69, 9.17) is 48.3 Å². The van der Waals surface area contributed by atoms with Gasteiger partial charge in [-0.25, -0.2) is 19.6 Å². The average Bonchev–Trinajstić information content (AvgIpc) is 3.80. The van der Waals surface area contributed by atoms with Gasteiger partial charge in [0.15, 0.2) is 18.3 Å². The molecule has 0 N–H and O–H groups in total. The molecule has 63 heavy (non-hydrogen) atoms. The minimum Gasteiger partial charge on any atom is -0.493 e. The van der Waals surface area contributed by atoms with E-state index in [2.05, 4.69) is 11.0 Å². The molecule has 2 atom stereocenters. The van der Waals surface area contributed by atoms with E-state index in [0.29, 0.717) is 78.0 Å². The third kappa shape index (κ3) is 9.14. The predicted molar refractivity (Wildman–Crippen MR) is 233 cm³/mol. The van der Waals surface area contributed by atoms with Crippen molar-refractivity contribution in [2.75, 3.05) is 57.2 Å². The molecule has 5 aromatic rings. The van der Waals surface area contributed by atoms with E-state index in [9.17, 15) is 9.59 Å². The summed E-state index contributed by atoms with van der Waals surface area (Å²) in [5.41, 5.74) is 7.58. The van der Waals surface area contributed by atoms with Gasteiger partial charge in [0.2, 0.25) is 0 Å². The van der Waals surface area contributed by atoms with Crippen LogP contribution in [0.2, 0.25) is 0 Å². The lowest BCUT2D eigenvalue weighted by Gasteiger charge is -2.22. The van der Waals surface area contributed by atoms with Gasteiger partial charge in [0, 0.05) is 55.2 Å². The summed E-state index contributed by atoms with van der Waals surface area (Å²) < 4.78 is 30.1. The number of amides is 2. The van der Waals surface area contributed by atoms with Gasteiger partial charge in [0.25, 0.3) is 11.8 Å². The molecule has 0 radical (unpaired) electrons. The van der Waals surface area contributed by atoms with Crippen molar-refractivity contribution in [2.24, 2.45) is 9.98 Å². The van der Waals surface area contributed by atoms with Crippen LogP contribution in [0.15, 0.2) is 107 Å². The second-order valence-electron chi connectivity index (χ2n) is 15.1. The predicted octanol–water partition coefficient (Wildman–Crippen LogP) is 7.70. The van der Waals surface area contributed by atoms with Crippen LogP contribution in [-0.2, 0) is 50.3 Å². The van der Waals surface area contributed by atoms with Crippen LogP contribution in [-0.4, -0.2) is 83.8 Å². The number of anilines is 2. The van der Waals surface area contributed by atoms with Gasteiger partial charge in [0.1, 0.15) is 31.3 Å². The molecule has 15 heteroatoms. The lowest BCUT2D eigenvalue weighted by atomic mass is 10.1. The minimum absolute atomic E-state index is 0.0534. The number of hydrogen-bond acceptors (Lipinski definition) is 13. The Labute approximate surface area is 364 Å². The minimum atomic E-state index is -0.186. The number of fused-ring (bicyclic) bond motifs is 8. The average molecular weight is 855 g/mol. The Morgan fingerprint density at radius 1 is 0.587 bits per heavy atom. The van der Waals surface area contributed by atoms with Gasteiger partial charge in [-0.05, 0) is 70.8 Å². The van der Waals surface area contributed by atoms with E-state index in [0.717, 1.165) is 33.6 Å². The highest BCUT2D eigenvalue weighted by atomic mass is 17.2. The topological polar surface area (TPSA) is 148 Å². The van der Waals surface area contributed by atoms with Crippen molar-refractivity contribution in [3.05, 3.63) is 130 Å². The molecule has 0 saturated carbocycles. The van der Waals surface area contributed by atoms with Gasteiger partial charge < -0.3 is 23.7 Å². The number of para-hydroxylation sites is 2. The maximum atomic E-state index is 13.9. The number of rotatable bonds is 19. The molecule has 324 valence electrons. The summed E-state index contributed by atoms with van der Waals surface area (Å²) in [6.45, 7) is 1.42. The maximum absolute atomic E-state index is 13.9. The van der Waals surface area contributed by atoms with E-state index in [1.807, 2.05) is 78.0 Å². The molecule has 4 heterocycles. The lowest BCUT2D eigenvalue weighted by Crippen LogP contribution is -2.37. The fourth-order valence-electron chi connectivity index (χ4n) is 8.11. The van der Waals surface area contributed by atoms with Crippen molar-refractivity contribution < 1.29 is 52.8 Å². The highest BCUT2D eigenvalue weighted by Gasteiger charge is 2.37. The number of nitrogens with zero attached hydrogens (tertiary/aromatic N) is 4. The summed E-state index contributed by atoms with van der Waals surface area (Å²) in [7, 11) is 2.99. The van der Waals surface area contributed by atoms with Crippen LogP contribution in [0.25, 0.3) is 0 Å². The standard InChI is InChI=1S/C48H46N4O11/c1-55-45-24-40-42(50-27-36-22-34-9-4-6-11-44(34)52(36)48(40)54)25-46(45)59-29-32-18-31(19-38(20-32)60-30-57-16-17-63-62-15-7-14-61-56-2)28-58-37-12-13-39-41(23-37)49-26-35-21-33-8-3-5-10-43(33)51(35)47(39)53/h3-6,8-13,18-20,23-27,35-36H,7,14-17,21-22,28-30H2,1-2H3/t35-,36-/m0/s1. The van der Waals surface area contributed by atoms with Gasteiger partial charge in [-0.2, -0.15) is 0 Å². The number of hydrogen-bond donors (Lipinski definition) is 0. The van der Waals surface area contributed by atoms with Crippen LogP contribution in [0.5, 0.6) is 23.0 Å². The first-order valence-electron chi connectivity index (χ1n) is 20.7. The maximum Gasteiger partial charge on any atom is 0.261 e. The number of benzene rings is 5. The fourth-order valence-corrected chi connectivity index (χ4v) is 8.11. The van der Waals surface area contributed by atoms with Crippen molar-refractivity contribution in [1.29, 1.82) is 0 Å². The molecule has 0 aromatic heterocycles. The van der Waals surface area contributed by atoms with E-state index >= 15 is 0 Å². The molecule has 0 fully saturated rings. The van der Waals surface area contributed by atoms with E-state index < -0.39 is 0 Å². The second kappa shape index (κ2) is 19.2. The van der Waals surface area contributed by atoms with E-state index in [1.54, 1.807) is 35.2 Å². The van der Waals surface area contributed by atoms with Crippen LogP contribution in [0.4, 0.5) is 22.7 Å². The number of aliphatic imine (C=N–C) groups is 2. The summed E-state index contributed by atoms with van der Waals surface area (Å²) in [6, 6.07) is 30.0. The first kappa shape index (κ1) is 41.7. The Balaban J connectivity index is 0.891. The Hall–Kier alpha value is -6.62. The Morgan fingerprint density at radius 2 is 1.22 bits per heavy atom. The molecule has 9 rings (SSSR count). The molecule has 0 aliphatic carbocycles. The number of carbonyl (C=O) groups excluding carboxylic acids is 2. The normalized spacial score (nSPS) is 16.7. The smallest absolute Gasteiger partial charge is 0.261 e. The Morgan fingerprint density at radius 3 is 1.92 bits per heavy atom.